The molecule has 0 radical (unpaired) electrons. The van der Waals surface area contributed by atoms with Crippen molar-refractivity contribution >= 4 is 11.8 Å². The predicted octanol–water partition coefficient (Wildman–Crippen LogP) is 2.22. The molecule has 1 aliphatic carbocycles. The number of carbonyl (C=O) groups excluding carboxylic acids is 2. The molecule has 22 heavy (non-hydrogen) atoms. The predicted molar refractivity (Wildman–Crippen MR) is 83.3 cm³/mol. The number of fused-ring (bicyclic) bond motifs is 2. The number of primary amides is 1. The summed E-state index contributed by atoms with van der Waals surface area (Å²) in [4.78, 5) is 29.8. The Labute approximate surface area is 130 Å². The number of likely N-dealkylation sites (tertiary alicyclic amines) is 1. The third kappa shape index (κ3) is 2.60. The van der Waals surface area contributed by atoms with Crippen molar-refractivity contribution in [1.29, 1.82) is 0 Å². The maximum atomic E-state index is 12.8. The van der Waals surface area contributed by atoms with E-state index in [0.29, 0.717) is 11.6 Å². The molecular weight excluding hydrogens is 278 g/mol. The minimum atomic E-state index is -0.578. The number of pyridine rings is 1. The van der Waals surface area contributed by atoms with Gasteiger partial charge in [-0.05, 0) is 42.2 Å². The van der Waals surface area contributed by atoms with Crippen molar-refractivity contribution < 1.29 is 9.59 Å². The highest BCUT2D eigenvalue weighted by molar-refractivity contribution is 5.96. The van der Waals surface area contributed by atoms with E-state index >= 15 is 0 Å². The van der Waals surface area contributed by atoms with E-state index in [2.05, 4.69) is 25.8 Å². The summed E-state index contributed by atoms with van der Waals surface area (Å²) in [5.41, 5.74) is 6.38. The largest absolute Gasteiger partial charge is 0.364 e. The standard InChI is InChI=1S/C17H23N3O2/c1-16(2)6-12-7-17(3,9-16)10-20(12)15(22)11-4-5-13(14(18)21)19-8-11/h4-5,8,12H,6-7,9-10H2,1-3H3,(H2,18,21). The van der Waals surface area contributed by atoms with Crippen molar-refractivity contribution in [2.45, 2.75) is 46.1 Å². The van der Waals surface area contributed by atoms with Gasteiger partial charge >= 0.3 is 0 Å². The summed E-state index contributed by atoms with van der Waals surface area (Å²) in [5, 5.41) is 0. The van der Waals surface area contributed by atoms with Gasteiger partial charge in [0, 0.05) is 18.8 Å². The summed E-state index contributed by atoms with van der Waals surface area (Å²) in [6, 6.07) is 3.46. The van der Waals surface area contributed by atoms with E-state index in [4.69, 9.17) is 5.73 Å². The van der Waals surface area contributed by atoms with Crippen LogP contribution in [0.1, 0.15) is 60.9 Å². The molecule has 0 aromatic carbocycles. The number of nitrogens with two attached hydrogens (primary N) is 1. The van der Waals surface area contributed by atoms with E-state index < -0.39 is 5.91 Å². The fourth-order valence-electron chi connectivity index (χ4n) is 4.53. The van der Waals surface area contributed by atoms with Crippen LogP contribution >= 0.6 is 0 Å². The van der Waals surface area contributed by atoms with Gasteiger partial charge in [-0.1, -0.05) is 20.8 Å². The molecule has 2 N–H and O–H groups in total. The topological polar surface area (TPSA) is 76.3 Å². The van der Waals surface area contributed by atoms with E-state index in [9.17, 15) is 9.59 Å². The molecule has 1 aliphatic heterocycles. The first-order valence-corrected chi connectivity index (χ1v) is 7.76. The molecule has 1 aromatic heterocycles. The summed E-state index contributed by atoms with van der Waals surface area (Å²) in [7, 11) is 0. The van der Waals surface area contributed by atoms with Crippen molar-refractivity contribution in [3.05, 3.63) is 29.6 Å². The average molecular weight is 301 g/mol. The summed E-state index contributed by atoms with van der Waals surface area (Å²) >= 11 is 0. The molecule has 3 rings (SSSR count). The average Bonchev–Trinajstić information content (AvgIpc) is 2.67. The molecule has 2 fully saturated rings. The van der Waals surface area contributed by atoms with Crippen LogP contribution in [0.4, 0.5) is 0 Å². The first kappa shape index (κ1) is 15.0. The van der Waals surface area contributed by atoms with Gasteiger partial charge in [0.25, 0.3) is 11.8 Å². The van der Waals surface area contributed by atoms with E-state index in [0.717, 1.165) is 25.8 Å². The first-order chi connectivity index (χ1) is 10.2. The molecule has 2 atom stereocenters. The van der Waals surface area contributed by atoms with Gasteiger partial charge in [0.15, 0.2) is 0 Å². The van der Waals surface area contributed by atoms with Crippen molar-refractivity contribution in [2.75, 3.05) is 6.54 Å². The lowest BCUT2D eigenvalue weighted by atomic mass is 9.65. The Morgan fingerprint density at radius 3 is 2.59 bits per heavy atom. The summed E-state index contributed by atoms with van der Waals surface area (Å²) in [6.45, 7) is 7.66. The van der Waals surface area contributed by atoms with Gasteiger partial charge in [0.05, 0.1) is 5.56 Å². The highest BCUT2D eigenvalue weighted by Gasteiger charge is 2.51. The molecule has 0 spiro atoms. The number of rotatable bonds is 2. The fourth-order valence-corrected chi connectivity index (χ4v) is 4.53. The van der Waals surface area contributed by atoms with Crippen LogP contribution in [0.5, 0.6) is 0 Å². The molecule has 2 unspecified atom stereocenters. The third-order valence-corrected chi connectivity index (χ3v) is 4.94. The van der Waals surface area contributed by atoms with Crippen molar-refractivity contribution in [3.63, 3.8) is 0 Å². The Morgan fingerprint density at radius 2 is 2.00 bits per heavy atom. The van der Waals surface area contributed by atoms with Crippen LogP contribution in [0.25, 0.3) is 0 Å². The van der Waals surface area contributed by atoms with E-state index in [-0.39, 0.29) is 22.4 Å². The second-order valence-corrected chi connectivity index (χ2v) is 7.94. The zero-order valence-corrected chi connectivity index (χ0v) is 13.4. The Morgan fingerprint density at radius 1 is 1.27 bits per heavy atom. The van der Waals surface area contributed by atoms with Crippen molar-refractivity contribution in [1.82, 2.24) is 9.88 Å². The van der Waals surface area contributed by atoms with E-state index in [1.54, 1.807) is 6.07 Å². The van der Waals surface area contributed by atoms with Gasteiger partial charge in [0.2, 0.25) is 0 Å². The molecule has 2 bridgehead atoms. The minimum Gasteiger partial charge on any atom is -0.364 e. The summed E-state index contributed by atoms with van der Waals surface area (Å²) < 4.78 is 0. The normalized spacial score (nSPS) is 29.4. The second-order valence-electron chi connectivity index (χ2n) is 7.94. The third-order valence-electron chi connectivity index (χ3n) is 4.94. The summed E-state index contributed by atoms with van der Waals surface area (Å²) in [5.74, 6) is -0.569. The lowest BCUT2D eigenvalue weighted by Crippen LogP contribution is -2.37. The molecule has 5 heteroatoms. The molecule has 5 nitrogen and oxygen atoms in total. The number of amides is 2. The van der Waals surface area contributed by atoms with Gasteiger partial charge in [0.1, 0.15) is 5.69 Å². The molecule has 2 aliphatic rings. The SMILES string of the molecule is CC1(C)CC2CC(C)(CN2C(=O)c2ccc(C(N)=O)nc2)C1. The first-order valence-electron chi connectivity index (χ1n) is 7.76. The lowest BCUT2D eigenvalue weighted by Gasteiger charge is -2.39. The molecule has 118 valence electrons. The minimum absolute atomic E-state index is 0.00921. The Kier molecular flexibility index (Phi) is 3.27. The Balaban J connectivity index is 1.83. The lowest BCUT2D eigenvalue weighted by molar-refractivity contribution is 0.0707. The van der Waals surface area contributed by atoms with Crippen molar-refractivity contribution in [3.8, 4) is 0 Å². The van der Waals surface area contributed by atoms with Crippen LogP contribution < -0.4 is 5.73 Å². The highest BCUT2D eigenvalue weighted by atomic mass is 16.2. The Hall–Kier alpha value is -1.91. The number of hydrogen-bond donors (Lipinski definition) is 1. The second kappa shape index (κ2) is 4.80. The molecule has 1 saturated heterocycles. The van der Waals surface area contributed by atoms with Crippen molar-refractivity contribution in [2.24, 2.45) is 16.6 Å². The van der Waals surface area contributed by atoms with E-state index in [1.165, 1.54) is 12.3 Å². The zero-order valence-electron chi connectivity index (χ0n) is 13.4. The van der Waals surface area contributed by atoms with Gasteiger partial charge in [-0.2, -0.15) is 0 Å². The van der Waals surface area contributed by atoms with E-state index in [1.807, 2.05) is 4.90 Å². The maximum Gasteiger partial charge on any atom is 0.267 e. The van der Waals surface area contributed by atoms with Gasteiger partial charge in [-0.25, -0.2) is 0 Å². The highest BCUT2D eigenvalue weighted by Crippen LogP contribution is 2.52. The van der Waals surface area contributed by atoms with Crippen LogP contribution in [-0.2, 0) is 0 Å². The Bertz CT molecular complexity index is 623. The van der Waals surface area contributed by atoms with Crippen LogP contribution in [0.2, 0.25) is 0 Å². The van der Waals surface area contributed by atoms with Crippen LogP contribution in [0.15, 0.2) is 18.3 Å². The van der Waals surface area contributed by atoms with Crippen LogP contribution in [0.3, 0.4) is 0 Å². The quantitative estimate of drug-likeness (QED) is 0.910. The van der Waals surface area contributed by atoms with Gasteiger partial charge < -0.3 is 10.6 Å². The molecule has 1 saturated carbocycles. The molecule has 2 amide bonds. The maximum absolute atomic E-state index is 12.8. The van der Waals surface area contributed by atoms with Crippen LogP contribution in [-0.4, -0.2) is 34.3 Å². The number of nitrogens with zero attached hydrogens (tertiary/aromatic N) is 2. The van der Waals surface area contributed by atoms with Gasteiger partial charge in [-0.3, -0.25) is 14.6 Å². The molecular formula is C17H23N3O2. The molecule has 2 heterocycles. The number of aromatic nitrogens is 1. The monoisotopic (exact) mass is 301 g/mol. The summed E-state index contributed by atoms with van der Waals surface area (Å²) in [6.07, 6.45) is 4.73. The van der Waals surface area contributed by atoms with Gasteiger partial charge in [-0.15, -0.1) is 0 Å². The molecule has 1 aromatic rings. The zero-order chi connectivity index (χ0) is 16.1. The number of carbonyl (C=O) groups is 2. The fraction of sp³-hybridized carbons (Fsp3) is 0.588. The smallest absolute Gasteiger partial charge is 0.267 e. The van der Waals surface area contributed by atoms with Crippen LogP contribution in [0, 0.1) is 10.8 Å². The number of hydrogen-bond acceptors (Lipinski definition) is 3.